The Morgan fingerprint density at radius 2 is 1.47 bits per heavy atom. The molecule has 0 aromatic rings. The van der Waals surface area contributed by atoms with Crippen LogP contribution in [0.3, 0.4) is 0 Å². The standard InChI is InChI=1S/C15H30/c1-9-10-11(2)12(3)13(4)14(5)15(6,7)8/h9,11-14H,1,10H2,2-8H3. The van der Waals surface area contributed by atoms with Gasteiger partial charge in [-0.15, -0.1) is 6.58 Å². The molecule has 4 atom stereocenters. The van der Waals surface area contributed by atoms with Gasteiger partial charge in [0.05, 0.1) is 0 Å². The summed E-state index contributed by atoms with van der Waals surface area (Å²) in [6.07, 6.45) is 3.19. The molecule has 15 heavy (non-hydrogen) atoms. The molecule has 90 valence electrons. The summed E-state index contributed by atoms with van der Waals surface area (Å²) in [7, 11) is 0. The average molecular weight is 210 g/mol. The van der Waals surface area contributed by atoms with Crippen molar-refractivity contribution in [3.8, 4) is 0 Å². The molecule has 0 radical (unpaired) electrons. The largest absolute Gasteiger partial charge is 0.103 e. The molecule has 0 aliphatic heterocycles. The van der Waals surface area contributed by atoms with E-state index in [1.165, 1.54) is 0 Å². The second-order valence-corrected chi connectivity index (χ2v) is 6.37. The zero-order valence-corrected chi connectivity index (χ0v) is 11.8. The number of hydrogen-bond acceptors (Lipinski definition) is 0. The van der Waals surface area contributed by atoms with Crippen molar-refractivity contribution in [2.45, 2.75) is 54.9 Å². The Labute approximate surface area is 97.2 Å². The third-order valence-electron chi connectivity index (χ3n) is 4.42. The number of allylic oxidation sites excluding steroid dienone is 1. The van der Waals surface area contributed by atoms with Gasteiger partial charge in [-0.05, 0) is 35.5 Å². The Bertz CT molecular complexity index is 185. The maximum Gasteiger partial charge on any atom is -0.0325 e. The van der Waals surface area contributed by atoms with E-state index < -0.39 is 0 Å². The van der Waals surface area contributed by atoms with Crippen molar-refractivity contribution < 1.29 is 0 Å². The van der Waals surface area contributed by atoms with E-state index in [0.717, 1.165) is 30.1 Å². The van der Waals surface area contributed by atoms with E-state index in [1.54, 1.807) is 0 Å². The second-order valence-electron chi connectivity index (χ2n) is 6.37. The van der Waals surface area contributed by atoms with Gasteiger partial charge in [-0.1, -0.05) is 54.5 Å². The van der Waals surface area contributed by atoms with E-state index in [-0.39, 0.29) is 0 Å². The highest BCUT2D eigenvalue weighted by Crippen LogP contribution is 2.38. The van der Waals surface area contributed by atoms with Gasteiger partial charge in [0.25, 0.3) is 0 Å². The Balaban J connectivity index is 4.43. The van der Waals surface area contributed by atoms with Crippen LogP contribution in [0, 0.1) is 29.1 Å². The molecule has 0 spiro atoms. The van der Waals surface area contributed by atoms with Crippen molar-refractivity contribution in [3.05, 3.63) is 12.7 Å². The monoisotopic (exact) mass is 210 g/mol. The van der Waals surface area contributed by atoms with E-state index in [1.807, 2.05) is 0 Å². The molecule has 0 bridgehead atoms. The SMILES string of the molecule is C=CCC(C)C(C)C(C)C(C)C(C)(C)C. The molecular weight excluding hydrogens is 180 g/mol. The zero-order chi connectivity index (χ0) is 12.2. The van der Waals surface area contributed by atoms with E-state index in [9.17, 15) is 0 Å². The van der Waals surface area contributed by atoms with Crippen LogP contribution in [0.15, 0.2) is 12.7 Å². The Morgan fingerprint density at radius 1 is 1.00 bits per heavy atom. The van der Waals surface area contributed by atoms with Crippen molar-refractivity contribution in [3.63, 3.8) is 0 Å². The summed E-state index contributed by atoms with van der Waals surface area (Å²) in [5.74, 6) is 3.07. The molecule has 0 heteroatoms. The van der Waals surface area contributed by atoms with Gasteiger partial charge in [0, 0.05) is 0 Å². The van der Waals surface area contributed by atoms with Crippen molar-refractivity contribution in [2.24, 2.45) is 29.1 Å². The predicted molar refractivity (Wildman–Crippen MR) is 70.9 cm³/mol. The lowest BCUT2D eigenvalue weighted by molar-refractivity contribution is 0.120. The van der Waals surface area contributed by atoms with Crippen LogP contribution < -0.4 is 0 Å². The third-order valence-corrected chi connectivity index (χ3v) is 4.42. The van der Waals surface area contributed by atoms with Gasteiger partial charge in [-0.2, -0.15) is 0 Å². The van der Waals surface area contributed by atoms with E-state index >= 15 is 0 Å². The van der Waals surface area contributed by atoms with Crippen molar-refractivity contribution in [2.75, 3.05) is 0 Å². The van der Waals surface area contributed by atoms with Gasteiger partial charge < -0.3 is 0 Å². The fourth-order valence-electron chi connectivity index (χ4n) is 2.24. The first kappa shape index (κ1) is 14.7. The van der Waals surface area contributed by atoms with Gasteiger partial charge >= 0.3 is 0 Å². The van der Waals surface area contributed by atoms with Crippen LogP contribution in [0.1, 0.15) is 54.9 Å². The van der Waals surface area contributed by atoms with Crippen LogP contribution in [-0.2, 0) is 0 Å². The minimum atomic E-state index is 0.418. The molecule has 4 unspecified atom stereocenters. The van der Waals surface area contributed by atoms with Gasteiger partial charge in [0.15, 0.2) is 0 Å². The van der Waals surface area contributed by atoms with Crippen molar-refractivity contribution in [1.82, 2.24) is 0 Å². The maximum absolute atomic E-state index is 3.84. The van der Waals surface area contributed by atoms with Gasteiger partial charge in [0.1, 0.15) is 0 Å². The average Bonchev–Trinajstić information content (AvgIpc) is 2.13. The maximum atomic E-state index is 3.84. The molecular formula is C15H30. The van der Waals surface area contributed by atoms with Crippen LogP contribution in [0.25, 0.3) is 0 Å². The quantitative estimate of drug-likeness (QED) is 0.550. The highest BCUT2D eigenvalue weighted by Gasteiger charge is 2.30. The first-order valence-corrected chi connectivity index (χ1v) is 6.32. The van der Waals surface area contributed by atoms with E-state index in [0.29, 0.717) is 5.41 Å². The minimum Gasteiger partial charge on any atom is -0.103 e. The van der Waals surface area contributed by atoms with Crippen LogP contribution >= 0.6 is 0 Å². The lowest BCUT2D eigenvalue weighted by atomic mass is 9.68. The normalized spacial score (nSPS) is 20.5. The smallest absolute Gasteiger partial charge is 0.0325 e. The Morgan fingerprint density at radius 3 is 1.80 bits per heavy atom. The van der Waals surface area contributed by atoms with Crippen LogP contribution in [0.2, 0.25) is 0 Å². The molecule has 0 aliphatic carbocycles. The molecule has 0 rings (SSSR count). The molecule has 0 nitrogen and oxygen atoms in total. The molecule has 0 aliphatic rings. The highest BCUT2D eigenvalue weighted by molar-refractivity contribution is 4.82. The zero-order valence-electron chi connectivity index (χ0n) is 11.8. The molecule has 0 fully saturated rings. The van der Waals surface area contributed by atoms with Crippen LogP contribution in [0.4, 0.5) is 0 Å². The first-order valence-electron chi connectivity index (χ1n) is 6.32. The molecule has 0 N–H and O–H groups in total. The second kappa shape index (κ2) is 5.72. The third kappa shape index (κ3) is 4.40. The molecule has 0 aromatic heterocycles. The van der Waals surface area contributed by atoms with E-state index in [4.69, 9.17) is 0 Å². The molecule has 0 aromatic carbocycles. The Kier molecular flexibility index (Phi) is 5.62. The molecule has 0 heterocycles. The summed E-state index contributed by atoms with van der Waals surface area (Å²) in [6.45, 7) is 20.4. The lowest BCUT2D eigenvalue weighted by Gasteiger charge is -2.37. The van der Waals surface area contributed by atoms with Crippen LogP contribution in [-0.4, -0.2) is 0 Å². The fraction of sp³-hybridized carbons (Fsp3) is 0.867. The van der Waals surface area contributed by atoms with Crippen molar-refractivity contribution in [1.29, 1.82) is 0 Å². The van der Waals surface area contributed by atoms with E-state index in [2.05, 4.69) is 61.1 Å². The van der Waals surface area contributed by atoms with Crippen molar-refractivity contribution >= 4 is 0 Å². The summed E-state index contributed by atoms with van der Waals surface area (Å²) in [6, 6.07) is 0. The summed E-state index contributed by atoms with van der Waals surface area (Å²) in [5, 5.41) is 0. The summed E-state index contributed by atoms with van der Waals surface area (Å²) in [5.41, 5.74) is 0.418. The summed E-state index contributed by atoms with van der Waals surface area (Å²) in [4.78, 5) is 0. The number of hydrogen-bond donors (Lipinski definition) is 0. The molecule has 0 saturated carbocycles. The minimum absolute atomic E-state index is 0.418. The molecule has 0 saturated heterocycles. The number of rotatable bonds is 5. The van der Waals surface area contributed by atoms with Gasteiger partial charge in [0.2, 0.25) is 0 Å². The molecule has 0 amide bonds. The topological polar surface area (TPSA) is 0 Å². The summed E-state index contributed by atoms with van der Waals surface area (Å²) >= 11 is 0. The lowest BCUT2D eigenvalue weighted by Crippen LogP contribution is -2.30. The van der Waals surface area contributed by atoms with Gasteiger partial charge in [-0.3, -0.25) is 0 Å². The summed E-state index contributed by atoms with van der Waals surface area (Å²) < 4.78 is 0. The predicted octanol–water partition coefficient (Wildman–Crippen LogP) is 5.15. The van der Waals surface area contributed by atoms with Gasteiger partial charge in [-0.25, -0.2) is 0 Å². The van der Waals surface area contributed by atoms with Crippen LogP contribution in [0.5, 0.6) is 0 Å². The fourth-order valence-corrected chi connectivity index (χ4v) is 2.24. The Hall–Kier alpha value is -0.260. The first-order chi connectivity index (χ1) is 6.71. The highest BCUT2D eigenvalue weighted by atomic mass is 14.4.